The van der Waals surface area contributed by atoms with Gasteiger partial charge in [-0.3, -0.25) is 4.79 Å². The molecule has 16 heavy (non-hydrogen) atoms. The molecule has 0 aromatic heterocycles. The summed E-state index contributed by atoms with van der Waals surface area (Å²) in [5.74, 6) is -1.79. The number of hydrogen-bond acceptors (Lipinski definition) is 2. The zero-order chi connectivity index (χ0) is 12.3. The molecule has 2 atom stereocenters. The van der Waals surface area contributed by atoms with E-state index in [1.54, 1.807) is 25.1 Å². The second-order valence-electron chi connectivity index (χ2n) is 3.81. The molecule has 0 spiro atoms. The maximum Gasteiger partial charge on any atom is 0.309 e. The summed E-state index contributed by atoms with van der Waals surface area (Å²) < 4.78 is 0. The molecule has 0 heterocycles. The largest absolute Gasteiger partial charge is 0.481 e. The molecule has 0 aliphatic carbocycles. The Labute approximate surface area is 99.7 Å². The van der Waals surface area contributed by atoms with E-state index in [1.165, 1.54) is 0 Å². The maximum absolute atomic E-state index is 10.9. The molecule has 3 nitrogen and oxygen atoms in total. The van der Waals surface area contributed by atoms with Gasteiger partial charge in [0.05, 0.1) is 12.0 Å². The van der Waals surface area contributed by atoms with Crippen LogP contribution in [0.4, 0.5) is 0 Å². The van der Waals surface area contributed by atoms with Crippen molar-refractivity contribution in [3.05, 3.63) is 34.3 Å². The highest BCUT2D eigenvalue weighted by Gasteiger charge is 2.26. The molecule has 1 rings (SSSR count). The van der Waals surface area contributed by atoms with E-state index in [-0.39, 0.29) is 0 Å². The summed E-state index contributed by atoms with van der Waals surface area (Å²) in [5.41, 5.74) is 1.45. The van der Waals surface area contributed by atoms with Crippen LogP contribution in [0.3, 0.4) is 0 Å². The lowest BCUT2D eigenvalue weighted by atomic mass is 9.93. The van der Waals surface area contributed by atoms with Gasteiger partial charge in [-0.15, -0.1) is 0 Å². The van der Waals surface area contributed by atoms with Gasteiger partial charge in [-0.25, -0.2) is 0 Å². The van der Waals surface area contributed by atoms with E-state index < -0.39 is 18.0 Å². The first-order valence-electron chi connectivity index (χ1n) is 5.14. The van der Waals surface area contributed by atoms with E-state index in [4.69, 9.17) is 16.7 Å². The molecule has 2 N–H and O–H groups in total. The highest BCUT2D eigenvalue weighted by Crippen LogP contribution is 2.28. The molecular weight excluding hydrogens is 228 g/mol. The third-order valence-corrected chi connectivity index (χ3v) is 3.08. The number of carboxylic acids is 1. The number of aliphatic hydroxyl groups excluding tert-OH is 1. The van der Waals surface area contributed by atoms with Crippen LogP contribution in [0.5, 0.6) is 0 Å². The number of aliphatic carboxylic acids is 1. The zero-order valence-electron chi connectivity index (χ0n) is 9.27. The molecule has 0 radical (unpaired) electrons. The fourth-order valence-electron chi connectivity index (χ4n) is 1.56. The molecule has 88 valence electrons. The third kappa shape index (κ3) is 2.74. The average molecular weight is 243 g/mol. The lowest BCUT2D eigenvalue weighted by Gasteiger charge is -2.18. The highest BCUT2D eigenvalue weighted by atomic mass is 35.5. The Morgan fingerprint density at radius 3 is 2.56 bits per heavy atom. The van der Waals surface area contributed by atoms with Crippen molar-refractivity contribution < 1.29 is 15.0 Å². The number of carbonyl (C=O) groups is 1. The number of aliphatic hydroxyl groups is 1. The van der Waals surface area contributed by atoms with Crippen molar-refractivity contribution in [3.8, 4) is 0 Å². The van der Waals surface area contributed by atoms with E-state index in [0.717, 1.165) is 5.56 Å². The van der Waals surface area contributed by atoms with Crippen molar-refractivity contribution in [1.29, 1.82) is 0 Å². The van der Waals surface area contributed by atoms with Crippen LogP contribution < -0.4 is 0 Å². The van der Waals surface area contributed by atoms with Gasteiger partial charge in [0.15, 0.2) is 0 Å². The standard InChI is InChI=1S/C12H15ClO3/c1-3-9(12(15)16)11(14)8-5-4-7(2)10(13)6-8/h4-6,9,11,14H,3H2,1-2H3,(H,15,16). The molecule has 2 unspecified atom stereocenters. The Morgan fingerprint density at radius 2 is 2.12 bits per heavy atom. The Balaban J connectivity index is 2.99. The topological polar surface area (TPSA) is 57.5 Å². The second kappa shape index (κ2) is 5.32. The smallest absolute Gasteiger partial charge is 0.309 e. The van der Waals surface area contributed by atoms with Crippen molar-refractivity contribution >= 4 is 17.6 Å². The van der Waals surface area contributed by atoms with Crippen molar-refractivity contribution in [1.82, 2.24) is 0 Å². The van der Waals surface area contributed by atoms with Gasteiger partial charge in [-0.05, 0) is 30.5 Å². The molecule has 1 aromatic rings. The molecule has 0 fully saturated rings. The van der Waals surface area contributed by atoms with E-state index in [2.05, 4.69) is 0 Å². The second-order valence-corrected chi connectivity index (χ2v) is 4.21. The molecule has 0 saturated heterocycles. The molecule has 0 amide bonds. The highest BCUT2D eigenvalue weighted by molar-refractivity contribution is 6.31. The van der Waals surface area contributed by atoms with Crippen LogP contribution in [0.25, 0.3) is 0 Å². The van der Waals surface area contributed by atoms with Gasteiger partial charge in [-0.1, -0.05) is 30.7 Å². The summed E-state index contributed by atoms with van der Waals surface area (Å²) in [6.45, 7) is 3.59. The van der Waals surface area contributed by atoms with Gasteiger partial charge in [0, 0.05) is 5.02 Å². The monoisotopic (exact) mass is 242 g/mol. The number of rotatable bonds is 4. The minimum atomic E-state index is -1.01. The molecular formula is C12H15ClO3. The van der Waals surface area contributed by atoms with E-state index in [0.29, 0.717) is 17.0 Å². The lowest BCUT2D eigenvalue weighted by molar-refractivity contribution is -0.146. The number of halogens is 1. The number of hydrogen-bond donors (Lipinski definition) is 2. The fourth-order valence-corrected chi connectivity index (χ4v) is 1.75. The minimum Gasteiger partial charge on any atom is -0.481 e. The number of carboxylic acid groups (broad SMARTS) is 1. The SMILES string of the molecule is CCC(C(=O)O)C(O)c1ccc(C)c(Cl)c1. The summed E-state index contributed by atoms with van der Waals surface area (Å²) in [6, 6.07) is 5.10. The summed E-state index contributed by atoms with van der Waals surface area (Å²) in [4.78, 5) is 10.9. The van der Waals surface area contributed by atoms with E-state index in [1.807, 2.05) is 6.92 Å². The molecule has 0 aliphatic rings. The summed E-state index contributed by atoms with van der Waals surface area (Å²) in [7, 11) is 0. The van der Waals surface area contributed by atoms with Gasteiger partial charge >= 0.3 is 5.97 Å². The number of benzene rings is 1. The molecule has 0 aliphatic heterocycles. The first-order chi connectivity index (χ1) is 7.47. The van der Waals surface area contributed by atoms with Gasteiger partial charge in [0.2, 0.25) is 0 Å². The summed E-state index contributed by atoms with van der Waals surface area (Å²) in [6.07, 6.45) is -0.636. The van der Waals surface area contributed by atoms with Crippen molar-refractivity contribution in [3.63, 3.8) is 0 Å². The predicted molar refractivity (Wildman–Crippen MR) is 62.6 cm³/mol. The van der Waals surface area contributed by atoms with E-state index >= 15 is 0 Å². The van der Waals surface area contributed by atoms with Crippen LogP contribution >= 0.6 is 11.6 Å². The lowest BCUT2D eigenvalue weighted by Crippen LogP contribution is -2.21. The molecule has 0 saturated carbocycles. The molecule has 4 heteroatoms. The Bertz CT molecular complexity index is 390. The third-order valence-electron chi connectivity index (χ3n) is 2.68. The van der Waals surface area contributed by atoms with Crippen LogP contribution in [0.2, 0.25) is 5.02 Å². The minimum absolute atomic E-state index is 0.377. The van der Waals surface area contributed by atoms with Crippen molar-refractivity contribution in [2.45, 2.75) is 26.4 Å². The van der Waals surface area contributed by atoms with Crippen molar-refractivity contribution in [2.75, 3.05) is 0 Å². The molecule has 0 bridgehead atoms. The first-order valence-corrected chi connectivity index (χ1v) is 5.52. The van der Waals surface area contributed by atoms with Gasteiger partial charge in [0.1, 0.15) is 0 Å². The predicted octanol–water partition coefficient (Wildman–Crippen LogP) is 2.79. The van der Waals surface area contributed by atoms with E-state index in [9.17, 15) is 9.90 Å². The number of aryl methyl sites for hydroxylation is 1. The van der Waals surface area contributed by atoms with Crippen LogP contribution in [0, 0.1) is 12.8 Å². The quantitative estimate of drug-likeness (QED) is 0.854. The van der Waals surface area contributed by atoms with Gasteiger partial charge in [-0.2, -0.15) is 0 Å². The maximum atomic E-state index is 10.9. The summed E-state index contributed by atoms with van der Waals surface area (Å²) >= 11 is 5.93. The Hall–Kier alpha value is -1.06. The van der Waals surface area contributed by atoms with Crippen LogP contribution in [-0.4, -0.2) is 16.2 Å². The van der Waals surface area contributed by atoms with Gasteiger partial charge in [0.25, 0.3) is 0 Å². The van der Waals surface area contributed by atoms with Crippen LogP contribution in [0.1, 0.15) is 30.6 Å². The zero-order valence-corrected chi connectivity index (χ0v) is 10.0. The first kappa shape index (κ1) is 13.0. The summed E-state index contributed by atoms with van der Waals surface area (Å²) in [5, 5.41) is 19.4. The average Bonchev–Trinajstić information content (AvgIpc) is 2.22. The Morgan fingerprint density at radius 1 is 1.50 bits per heavy atom. The van der Waals surface area contributed by atoms with Crippen molar-refractivity contribution in [2.24, 2.45) is 5.92 Å². The van der Waals surface area contributed by atoms with Gasteiger partial charge < -0.3 is 10.2 Å². The van der Waals surface area contributed by atoms with Crippen LogP contribution in [-0.2, 0) is 4.79 Å². The normalized spacial score (nSPS) is 14.5. The van der Waals surface area contributed by atoms with Crippen LogP contribution in [0.15, 0.2) is 18.2 Å². The Kier molecular flexibility index (Phi) is 4.33. The fraction of sp³-hybridized carbons (Fsp3) is 0.417. The molecule has 1 aromatic carbocycles.